The standard InChI is InChI=1S/C15H22N2/c1-12(2)15(11-17,9-6-10-16)14-8-5-4-7-13(14)3/h4-5,7-8,12H,6,9-10,16H2,1-3H3. The summed E-state index contributed by atoms with van der Waals surface area (Å²) in [7, 11) is 0. The Kier molecular flexibility index (Phi) is 4.72. The molecule has 92 valence electrons. The average Bonchev–Trinajstić information content (AvgIpc) is 2.32. The Hall–Kier alpha value is -1.33. The van der Waals surface area contributed by atoms with Crippen molar-refractivity contribution in [2.75, 3.05) is 6.54 Å². The number of nitrogens with two attached hydrogens (primary N) is 1. The molecule has 0 bridgehead atoms. The minimum absolute atomic E-state index is 0.292. The molecular weight excluding hydrogens is 208 g/mol. The first-order chi connectivity index (χ1) is 8.08. The molecule has 1 aromatic rings. The van der Waals surface area contributed by atoms with E-state index in [1.807, 2.05) is 12.1 Å². The molecule has 0 amide bonds. The van der Waals surface area contributed by atoms with Gasteiger partial charge in [-0.25, -0.2) is 0 Å². The van der Waals surface area contributed by atoms with Crippen molar-refractivity contribution in [2.45, 2.75) is 39.0 Å². The first-order valence-corrected chi connectivity index (χ1v) is 6.26. The zero-order chi connectivity index (χ0) is 12.9. The highest BCUT2D eigenvalue weighted by molar-refractivity contribution is 5.39. The maximum absolute atomic E-state index is 9.66. The van der Waals surface area contributed by atoms with Gasteiger partial charge in [0.2, 0.25) is 0 Å². The van der Waals surface area contributed by atoms with E-state index in [0.717, 1.165) is 18.4 Å². The van der Waals surface area contributed by atoms with Crippen molar-refractivity contribution in [2.24, 2.45) is 11.7 Å². The van der Waals surface area contributed by atoms with Crippen LogP contribution < -0.4 is 5.73 Å². The van der Waals surface area contributed by atoms with E-state index in [2.05, 4.69) is 39.0 Å². The highest BCUT2D eigenvalue weighted by atomic mass is 14.5. The van der Waals surface area contributed by atoms with Crippen molar-refractivity contribution in [1.82, 2.24) is 0 Å². The van der Waals surface area contributed by atoms with E-state index in [4.69, 9.17) is 5.73 Å². The van der Waals surface area contributed by atoms with Crippen LogP contribution in [-0.4, -0.2) is 6.54 Å². The third-order valence-electron chi connectivity index (χ3n) is 3.59. The summed E-state index contributed by atoms with van der Waals surface area (Å²) in [6.45, 7) is 6.95. The molecule has 0 fully saturated rings. The molecule has 2 nitrogen and oxygen atoms in total. The molecule has 0 saturated carbocycles. The van der Waals surface area contributed by atoms with Gasteiger partial charge in [0, 0.05) is 0 Å². The van der Waals surface area contributed by atoms with Crippen LogP contribution in [0.3, 0.4) is 0 Å². The molecule has 0 spiro atoms. The van der Waals surface area contributed by atoms with Crippen LogP contribution in [0.15, 0.2) is 24.3 Å². The lowest BCUT2D eigenvalue weighted by Gasteiger charge is -2.32. The Morgan fingerprint density at radius 3 is 2.47 bits per heavy atom. The van der Waals surface area contributed by atoms with Crippen molar-refractivity contribution in [3.8, 4) is 6.07 Å². The molecule has 0 aliphatic rings. The molecule has 0 heterocycles. The molecular formula is C15H22N2. The van der Waals surface area contributed by atoms with E-state index in [1.165, 1.54) is 5.56 Å². The van der Waals surface area contributed by atoms with Crippen LogP contribution in [0.2, 0.25) is 0 Å². The fourth-order valence-corrected chi connectivity index (χ4v) is 2.43. The number of hydrogen-bond acceptors (Lipinski definition) is 2. The number of nitrogens with zero attached hydrogens (tertiary/aromatic N) is 1. The summed E-state index contributed by atoms with van der Waals surface area (Å²) in [5, 5.41) is 9.66. The SMILES string of the molecule is Cc1ccccc1C(C#N)(CCCN)C(C)C. The van der Waals surface area contributed by atoms with E-state index in [1.54, 1.807) is 0 Å². The Balaban J connectivity index is 3.23. The number of benzene rings is 1. The molecule has 1 rings (SSSR count). The molecule has 0 aromatic heterocycles. The summed E-state index contributed by atoms with van der Waals surface area (Å²) in [4.78, 5) is 0. The number of aryl methyl sites for hydroxylation is 1. The predicted octanol–water partition coefficient (Wildman–Crippen LogP) is 3.15. The molecule has 2 heteroatoms. The van der Waals surface area contributed by atoms with Crippen LogP contribution in [-0.2, 0) is 5.41 Å². The summed E-state index contributed by atoms with van der Waals surface area (Å²) in [5.74, 6) is 0.292. The normalized spacial score (nSPS) is 14.4. The number of rotatable bonds is 5. The quantitative estimate of drug-likeness (QED) is 0.844. The highest BCUT2D eigenvalue weighted by Crippen LogP contribution is 2.37. The first-order valence-electron chi connectivity index (χ1n) is 6.26. The minimum atomic E-state index is -0.398. The largest absolute Gasteiger partial charge is 0.330 e. The van der Waals surface area contributed by atoms with Crippen molar-refractivity contribution in [3.05, 3.63) is 35.4 Å². The molecule has 2 N–H and O–H groups in total. The van der Waals surface area contributed by atoms with Gasteiger partial charge in [-0.15, -0.1) is 0 Å². The number of hydrogen-bond donors (Lipinski definition) is 1. The lowest BCUT2D eigenvalue weighted by atomic mass is 9.68. The van der Waals surface area contributed by atoms with E-state index in [9.17, 15) is 5.26 Å². The van der Waals surface area contributed by atoms with Crippen LogP contribution in [0, 0.1) is 24.2 Å². The first kappa shape index (κ1) is 13.7. The van der Waals surface area contributed by atoms with Gasteiger partial charge in [0.25, 0.3) is 0 Å². The maximum atomic E-state index is 9.66. The third-order valence-corrected chi connectivity index (χ3v) is 3.59. The van der Waals surface area contributed by atoms with Crippen LogP contribution in [0.1, 0.15) is 37.8 Å². The zero-order valence-corrected chi connectivity index (χ0v) is 11.0. The molecule has 0 saturated heterocycles. The second kappa shape index (κ2) is 5.84. The van der Waals surface area contributed by atoms with Crippen molar-refractivity contribution in [3.63, 3.8) is 0 Å². The maximum Gasteiger partial charge on any atom is 0.0848 e. The van der Waals surface area contributed by atoms with Gasteiger partial charge >= 0.3 is 0 Å². The average molecular weight is 230 g/mol. The lowest BCUT2D eigenvalue weighted by Crippen LogP contribution is -2.32. The Bertz CT molecular complexity index is 404. The molecule has 17 heavy (non-hydrogen) atoms. The predicted molar refractivity (Wildman–Crippen MR) is 71.6 cm³/mol. The van der Waals surface area contributed by atoms with Gasteiger partial charge < -0.3 is 5.73 Å². The van der Waals surface area contributed by atoms with Gasteiger partial charge in [0.15, 0.2) is 0 Å². The highest BCUT2D eigenvalue weighted by Gasteiger charge is 2.36. The van der Waals surface area contributed by atoms with Crippen LogP contribution >= 0.6 is 0 Å². The van der Waals surface area contributed by atoms with Crippen molar-refractivity contribution >= 4 is 0 Å². The Labute approximate surface area is 104 Å². The Morgan fingerprint density at radius 1 is 1.35 bits per heavy atom. The second-order valence-corrected chi connectivity index (χ2v) is 4.95. The molecule has 0 radical (unpaired) electrons. The fraction of sp³-hybridized carbons (Fsp3) is 0.533. The summed E-state index contributed by atoms with van der Waals surface area (Å²) in [6, 6.07) is 10.7. The van der Waals surface area contributed by atoms with Crippen LogP contribution in [0.25, 0.3) is 0 Å². The summed E-state index contributed by atoms with van der Waals surface area (Å²) < 4.78 is 0. The fourth-order valence-electron chi connectivity index (χ4n) is 2.43. The third kappa shape index (κ3) is 2.68. The zero-order valence-electron chi connectivity index (χ0n) is 11.0. The molecule has 1 atom stereocenters. The molecule has 1 unspecified atom stereocenters. The van der Waals surface area contributed by atoms with Crippen molar-refractivity contribution < 1.29 is 0 Å². The van der Waals surface area contributed by atoms with E-state index in [-0.39, 0.29) is 0 Å². The van der Waals surface area contributed by atoms with Crippen LogP contribution in [0.4, 0.5) is 0 Å². The van der Waals surface area contributed by atoms with Crippen LogP contribution in [0.5, 0.6) is 0 Å². The molecule has 0 aliphatic heterocycles. The number of nitriles is 1. The second-order valence-electron chi connectivity index (χ2n) is 4.95. The van der Waals surface area contributed by atoms with Gasteiger partial charge in [-0.3, -0.25) is 0 Å². The van der Waals surface area contributed by atoms with Gasteiger partial charge in [-0.05, 0) is 43.4 Å². The Morgan fingerprint density at radius 2 is 2.00 bits per heavy atom. The molecule has 0 aliphatic carbocycles. The van der Waals surface area contributed by atoms with Gasteiger partial charge in [0.05, 0.1) is 11.5 Å². The van der Waals surface area contributed by atoms with E-state index in [0.29, 0.717) is 12.5 Å². The minimum Gasteiger partial charge on any atom is -0.330 e. The van der Waals surface area contributed by atoms with Gasteiger partial charge in [-0.1, -0.05) is 38.1 Å². The molecule has 1 aromatic carbocycles. The lowest BCUT2D eigenvalue weighted by molar-refractivity contribution is 0.360. The van der Waals surface area contributed by atoms with E-state index < -0.39 is 5.41 Å². The summed E-state index contributed by atoms with van der Waals surface area (Å²) in [6.07, 6.45) is 1.72. The smallest absolute Gasteiger partial charge is 0.0848 e. The summed E-state index contributed by atoms with van der Waals surface area (Å²) in [5.41, 5.74) is 7.55. The van der Waals surface area contributed by atoms with Crippen molar-refractivity contribution in [1.29, 1.82) is 5.26 Å². The topological polar surface area (TPSA) is 49.8 Å². The van der Waals surface area contributed by atoms with E-state index >= 15 is 0 Å². The van der Waals surface area contributed by atoms with Gasteiger partial charge in [0.1, 0.15) is 0 Å². The van der Waals surface area contributed by atoms with Gasteiger partial charge in [-0.2, -0.15) is 5.26 Å². The monoisotopic (exact) mass is 230 g/mol. The summed E-state index contributed by atoms with van der Waals surface area (Å²) >= 11 is 0.